The van der Waals surface area contributed by atoms with E-state index in [2.05, 4.69) is 15.0 Å². The molecule has 1 unspecified atom stereocenters. The number of hydrogen-bond donors (Lipinski definition) is 1. The van der Waals surface area contributed by atoms with Crippen molar-refractivity contribution in [3.63, 3.8) is 0 Å². The Morgan fingerprint density at radius 3 is 3.08 bits per heavy atom. The van der Waals surface area contributed by atoms with Gasteiger partial charge in [0.25, 0.3) is 11.8 Å². The summed E-state index contributed by atoms with van der Waals surface area (Å²) in [6.45, 7) is 1.07. The molecular formula is C18H15N5O2. The van der Waals surface area contributed by atoms with Crippen molar-refractivity contribution in [3.05, 3.63) is 54.1 Å². The highest BCUT2D eigenvalue weighted by atomic mass is 16.5. The lowest BCUT2D eigenvalue weighted by molar-refractivity contribution is 0.0771. The van der Waals surface area contributed by atoms with Gasteiger partial charge in [-0.15, -0.1) is 0 Å². The predicted molar refractivity (Wildman–Crippen MR) is 90.0 cm³/mol. The second kappa shape index (κ2) is 6.24. The lowest BCUT2D eigenvalue weighted by atomic mass is 10.1. The van der Waals surface area contributed by atoms with E-state index in [1.54, 1.807) is 4.90 Å². The smallest absolute Gasteiger partial charge is 0.254 e. The molecule has 7 nitrogen and oxygen atoms in total. The number of nitrogens with one attached hydrogen (secondary N) is 1. The molecule has 1 amide bonds. The quantitative estimate of drug-likeness (QED) is 0.792. The number of fused-ring (bicyclic) bond motifs is 1. The van der Waals surface area contributed by atoms with Crippen LogP contribution in [0.2, 0.25) is 0 Å². The molecule has 0 aliphatic carbocycles. The molecule has 2 aromatic heterocycles. The zero-order chi connectivity index (χ0) is 17.2. The van der Waals surface area contributed by atoms with Gasteiger partial charge in [0.05, 0.1) is 6.54 Å². The molecular weight excluding hydrogens is 318 g/mol. The topological polar surface area (TPSA) is 94.9 Å². The van der Waals surface area contributed by atoms with Gasteiger partial charge in [0.2, 0.25) is 5.69 Å². The van der Waals surface area contributed by atoms with Crippen molar-refractivity contribution in [2.75, 3.05) is 13.1 Å². The van der Waals surface area contributed by atoms with Gasteiger partial charge < -0.3 is 14.6 Å². The number of H-pyrrole nitrogens is 1. The minimum absolute atomic E-state index is 0.0196. The van der Waals surface area contributed by atoms with E-state index in [-0.39, 0.29) is 23.6 Å². The standard InChI is InChI=1S/C18H15N5O2/c19-10-16-17(22-7-6-21-16)25-14-4-8-23(11-14)18(24)13-1-2-15-12(9-13)3-5-20-15/h1-3,5-7,9,14,20H,4,8,11H2. The van der Waals surface area contributed by atoms with Crippen molar-refractivity contribution in [1.82, 2.24) is 19.9 Å². The molecule has 4 rings (SSSR count). The summed E-state index contributed by atoms with van der Waals surface area (Å²) in [6.07, 6.45) is 5.29. The Hall–Kier alpha value is -3.40. The maximum Gasteiger partial charge on any atom is 0.254 e. The number of carbonyl (C=O) groups is 1. The highest BCUT2D eigenvalue weighted by molar-refractivity contribution is 5.98. The zero-order valence-electron chi connectivity index (χ0n) is 13.3. The number of nitriles is 1. The zero-order valence-corrected chi connectivity index (χ0v) is 13.3. The van der Waals surface area contributed by atoms with Gasteiger partial charge in [-0.3, -0.25) is 4.79 Å². The first kappa shape index (κ1) is 15.1. The largest absolute Gasteiger partial charge is 0.470 e. The number of ether oxygens (including phenoxy) is 1. The first-order chi connectivity index (χ1) is 12.2. The lowest BCUT2D eigenvalue weighted by Crippen LogP contribution is -2.31. The molecule has 0 saturated carbocycles. The maximum atomic E-state index is 12.7. The van der Waals surface area contributed by atoms with Crippen LogP contribution in [-0.4, -0.2) is 45.0 Å². The van der Waals surface area contributed by atoms with E-state index in [9.17, 15) is 4.79 Å². The van der Waals surface area contributed by atoms with Gasteiger partial charge in [-0.05, 0) is 24.3 Å². The van der Waals surface area contributed by atoms with Crippen molar-refractivity contribution >= 4 is 16.8 Å². The van der Waals surface area contributed by atoms with E-state index < -0.39 is 0 Å². The average molecular weight is 333 g/mol. The number of aromatic amines is 1. The summed E-state index contributed by atoms with van der Waals surface area (Å²) in [5.41, 5.74) is 1.82. The van der Waals surface area contributed by atoms with Crippen LogP contribution in [0.3, 0.4) is 0 Å². The number of likely N-dealkylation sites (tertiary alicyclic amines) is 1. The van der Waals surface area contributed by atoms with Crippen LogP contribution in [0.4, 0.5) is 0 Å². The van der Waals surface area contributed by atoms with Crippen molar-refractivity contribution in [1.29, 1.82) is 5.26 Å². The number of rotatable bonds is 3. The van der Waals surface area contributed by atoms with Crippen LogP contribution in [0.15, 0.2) is 42.9 Å². The molecule has 1 saturated heterocycles. The molecule has 1 aliphatic heterocycles. The Morgan fingerprint density at radius 2 is 2.20 bits per heavy atom. The highest BCUT2D eigenvalue weighted by Gasteiger charge is 2.29. The van der Waals surface area contributed by atoms with E-state index in [0.29, 0.717) is 25.1 Å². The third-order valence-electron chi connectivity index (χ3n) is 4.28. The number of aromatic nitrogens is 3. The maximum absolute atomic E-state index is 12.7. The molecule has 1 N–H and O–H groups in total. The predicted octanol–water partition coefficient (Wildman–Crippen LogP) is 2.12. The van der Waals surface area contributed by atoms with E-state index in [1.807, 2.05) is 36.5 Å². The summed E-state index contributed by atoms with van der Waals surface area (Å²) in [5, 5.41) is 10.1. The molecule has 1 fully saturated rings. The molecule has 1 atom stereocenters. The second-order valence-corrected chi connectivity index (χ2v) is 5.88. The fourth-order valence-corrected chi connectivity index (χ4v) is 3.02. The van der Waals surface area contributed by atoms with Crippen LogP contribution in [-0.2, 0) is 0 Å². The Kier molecular flexibility index (Phi) is 3.78. The lowest BCUT2D eigenvalue weighted by Gasteiger charge is -2.17. The molecule has 0 radical (unpaired) electrons. The van der Waals surface area contributed by atoms with Crippen molar-refractivity contribution in [3.8, 4) is 11.9 Å². The van der Waals surface area contributed by atoms with E-state index in [0.717, 1.165) is 10.9 Å². The molecule has 0 bridgehead atoms. The number of amides is 1. The van der Waals surface area contributed by atoms with Gasteiger partial charge in [0, 0.05) is 48.0 Å². The Labute approximate surface area is 143 Å². The summed E-state index contributed by atoms with van der Waals surface area (Å²) >= 11 is 0. The van der Waals surface area contributed by atoms with Gasteiger partial charge in [-0.1, -0.05) is 0 Å². The van der Waals surface area contributed by atoms with Crippen LogP contribution < -0.4 is 4.74 Å². The Bertz CT molecular complexity index is 975. The van der Waals surface area contributed by atoms with E-state index >= 15 is 0 Å². The summed E-state index contributed by atoms with van der Waals surface area (Å²) in [4.78, 5) is 25.6. The molecule has 124 valence electrons. The molecule has 3 aromatic rings. The molecule has 0 spiro atoms. The van der Waals surface area contributed by atoms with Crippen LogP contribution >= 0.6 is 0 Å². The first-order valence-corrected chi connectivity index (χ1v) is 7.99. The monoisotopic (exact) mass is 333 g/mol. The third-order valence-corrected chi connectivity index (χ3v) is 4.28. The first-order valence-electron chi connectivity index (χ1n) is 7.99. The average Bonchev–Trinajstić information content (AvgIpc) is 3.30. The van der Waals surface area contributed by atoms with Gasteiger partial charge in [0.15, 0.2) is 0 Å². The van der Waals surface area contributed by atoms with Gasteiger partial charge >= 0.3 is 0 Å². The number of nitrogens with zero attached hydrogens (tertiary/aromatic N) is 4. The molecule has 3 heterocycles. The van der Waals surface area contributed by atoms with Crippen molar-refractivity contribution < 1.29 is 9.53 Å². The Morgan fingerprint density at radius 1 is 1.32 bits per heavy atom. The summed E-state index contributed by atoms with van der Waals surface area (Å²) in [5.74, 6) is 0.201. The second-order valence-electron chi connectivity index (χ2n) is 5.88. The van der Waals surface area contributed by atoms with Crippen molar-refractivity contribution in [2.45, 2.75) is 12.5 Å². The number of carbonyl (C=O) groups excluding carboxylic acids is 1. The van der Waals surface area contributed by atoms with Crippen LogP contribution in [0, 0.1) is 11.3 Å². The highest BCUT2D eigenvalue weighted by Crippen LogP contribution is 2.21. The normalized spacial score (nSPS) is 16.8. The summed E-state index contributed by atoms with van der Waals surface area (Å²) < 4.78 is 5.78. The molecule has 1 aromatic carbocycles. The molecule has 1 aliphatic rings. The van der Waals surface area contributed by atoms with Crippen LogP contribution in [0.1, 0.15) is 22.5 Å². The minimum atomic E-state index is -0.191. The van der Waals surface area contributed by atoms with Crippen molar-refractivity contribution in [2.24, 2.45) is 0 Å². The Balaban J connectivity index is 1.46. The number of hydrogen-bond acceptors (Lipinski definition) is 5. The van der Waals surface area contributed by atoms with Gasteiger partial charge in [0.1, 0.15) is 12.2 Å². The van der Waals surface area contributed by atoms with Gasteiger partial charge in [-0.25, -0.2) is 9.97 Å². The SMILES string of the molecule is N#Cc1nccnc1OC1CCN(C(=O)c2ccc3[nH]ccc3c2)C1. The van der Waals surface area contributed by atoms with Crippen LogP contribution in [0.5, 0.6) is 5.88 Å². The van der Waals surface area contributed by atoms with E-state index in [4.69, 9.17) is 10.00 Å². The van der Waals surface area contributed by atoms with Crippen LogP contribution in [0.25, 0.3) is 10.9 Å². The molecule has 7 heteroatoms. The van der Waals surface area contributed by atoms with E-state index in [1.165, 1.54) is 12.4 Å². The number of benzene rings is 1. The summed E-state index contributed by atoms with van der Waals surface area (Å²) in [6, 6.07) is 9.53. The minimum Gasteiger partial charge on any atom is -0.470 e. The third kappa shape index (κ3) is 2.90. The molecule has 25 heavy (non-hydrogen) atoms. The summed E-state index contributed by atoms with van der Waals surface area (Å²) in [7, 11) is 0. The fraction of sp³-hybridized carbons (Fsp3) is 0.222. The van der Waals surface area contributed by atoms with Gasteiger partial charge in [-0.2, -0.15) is 5.26 Å². The fourth-order valence-electron chi connectivity index (χ4n) is 3.02.